The number of amides is 1. The summed E-state index contributed by atoms with van der Waals surface area (Å²) in [5, 5.41) is 2.96. The molecular weight excluding hydrogens is 416 g/mol. The highest BCUT2D eigenvalue weighted by Gasteiger charge is 2.12. The van der Waals surface area contributed by atoms with E-state index in [-0.39, 0.29) is 5.91 Å². The van der Waals surface area contributed by atoms with Gasteiger partial charge in [0.25, 0.3) is 5.91 Å². The fourth-order valence-electron chi connectivity index (χ4n) is 3.56. The lowest BCUT2D eigenvalue weighted by molar-refractivity contribution is 0.0950. The molecule has 3 aromatic carbocycles. The number of rotatable bonds is 8. The molecule has 0 aliphatic rings. The number of carbonyl (C=O) groups is 1. The molecule has 0 radical (unpaired) electrons. The number of fused-ring (bicyclic) bond motifs is 1. The molecular formula is C27H28N2O4. The summed E-state index contributed by atoms with van der Waals surface area (Å²) in [6, 6.07) is 17.1. The number of ether oxygens (including phenoxy) is 2. The summed E-state index contributed by atoms with van der Waals surface area (Å²) in [4.78, 5) is 17.3. The summed E-state index contributed by atoms with van der Waals surface area (Å²) in [6.07, 6.45) is 0. The van der Waals surface area contributed by atoms with Gasteiger partial charge in [-0.1, -0.05) is 12.1 Å². The Labute approximate surface area is 193 Å². The average molecular weight is 445 g/mol. The second-order valence-corrected chi connectivity index (χ2v) is 7.86. The summed E-state index contributed by atoms with van der Waals surface area (Å²) >= 11 is 0. The SMILES string of the molecule is CCOc1cc(OCC)cc(C(=O)NCc2ccc(-c3nc4cc(C)c(C)cc4o3)cc2)c1. The van der Waals surface area contributed by atoms with Gasteiger partial charge >= 0.3 is 0 Å². The highest BCUT2D eigenvalue weighted by atomic mass is 16.5. The van der Waals surface area contributed by atoms with Crippen LogP contribution in [-0.2, 0) is 6.54 Å². The van der Waals surface area contributed by atoms with Crippen molar-refractivity contribution in [3.63, 3.8) is 0 Å². The van der Waals surface area contributed by atoms with E-state index in [1.807, 2.05) is 50.2 Å². The van der Waals surface area contributed by atoms with Gasteiger partial charge in [0.15, 0.2) is 5.58 Å². The lowest BCUT2D eigenvalue weighted by atomic mass is 10.1. The van der Waals surface area contributed by atoms with E-state index in [1.165, 1.54) is 11.1 Å². The third-order valence-corrected chi connectivity index (χ3v) is 5.42. The molecule has 0 spiro atoms. The monoisotopic (exact) mass is 444 g/mol. The van der Waals surface area contributed by atoms with Crippen LogP contribution in [0.5, 0.6) is 11.5 Å². The maximum atomic E-state index is 12.7. The number of hydrogen-bond acceptors (Lipinski definition) is 5. The first-order valence-corrected chi connectivity index (χ1v) is 11.1. The van der Waals surface area contributed by atoms with E-state index in [2.05, 4.69) is 24.1 Å². The summed E-state index contributed by atoms with van der Waals surface area (Å²) in [5.74, 6) is 1.62. The van der Waals surface area contributed by atoms with Crippen molar-refractivity contribution in [3.05, 3.63) is 76.9 Å². The Bertz CT molecular complexity index is 1210. The van der Waals surface area contributed by atoms with Crippen LogP contribution in [-0.4, -0.2) is 24.1 Å². The molecule has 1 N–H and O–H groups in total. The molecule has 33 heavy (non-hydrogen) atoms. The fourth-order valence-corrected chi connectivity index (χ4v) is 3.56. The molecule has 0 fully saturated rings. The first-order chi connectivity index (χ1) is 16.0. The highest BCUT2D eigenvalue weighted by molar-refractivity contribution is 5.95. The summed E-state index contributed by atoms with van der Waals surface area (Å²) in [6.45, 7) is 9.36. The van der Waals surface area contributed by atoms with Crippen molar-refractivity contribution in [1.82, 2.24) is 10.3 Å². The molecule has 0 unspecified atom stereocenters. The van der Waals surface area contributed by atoms with Gasteiger partial charge in [0, 0.05) is 23.7 Å². The van der Waals surface area contributed by atoms with Crippen LogP contribution in [0.1, 0.15) is 40.9 Å². The number of aromatic nitrogens is 1. The molecule has 6 nitrogen and oxygen atoms in total. The van der Waals surface area contributed by atoms with Gasteiger partial charge in [-0.05, 0) is 80.8 Å². The molecule has 4 rings (SSSR count). The maximum Gasteiger partial charge on any atom is 0.251 e. The van der Waals surface area contributed by atoms with E-state index in [4.69, 9.17) is 13.9 Å². The van der Waals surface area contributed by atoms with Crippen LogP contribution in [0.3, 0.4) is 0 Å². The third-order valence-electron chi connectivity index (χ3n) is 5.42. The molecule has 0 bridgehead atoms. The molecule has 4 aromatic rings. The maximum absolute atomic E-state index is 12.7. The van der Waals surface area contributed by atoms with Crippen molar-refractivity contribution in [2.45, 2.75) is 34.2 Å². The number of nitrogens with one attached hydrogen (secondary N) is 1. The minimum absolute atomic E-state index is 0.189. The van der Waals surface area contributed by atoms with Crippen LogP contribution in [0.2, 0.25) is 0 Å². The number of nitrogens with zero attached hydrogens (tertiary/aromatic N) is 1. The lowest BCUT2D eigenvalue weighted by Crippen LogP contribution is -2.22. The Hall–Kier alpha value is -3.80. The summed E-state index contributed by atoms with van der Waals surface area (Å²) < 4.78 is 17.1. The normalized spacial score (nSPS) is 10.9. The number of carbonyl (C=O) groups excluding carboxylic acids is 1. The van der Waals surface area contributed by atoms with Gasteiger partial charge in [0.05, 0.1) is 13.2 Å². The van der Waals surface area contributed by atoms with Crippen LogP contribution in [0.25, 0.3) is 22.6 Å². The minimum Gasteiger partial charge on any atom is -0.494 e. The van der Waals surface area contributed by atoms with Crippen LogP contribution in [0.15, 0.2) is 59.0 Å². The Morgan fingerprint density at radius 2 is 1.55 bits per heavy atom. The van der Waals surface area contributed by atoms with E-state index in [0.717, 1.165) is 22.2 Å². The van der Waals surface area contributed by atoms with E-state index >= 15 is 0 Å². The van der Waals surface area contributed by atoms with Crippen molar-refractivity contribution < 1.29 is 18.7 Å². The zero-order valence-corrected chi connectivity index (χ0v) is 19.4. The van der Waals surface area contributed by atoms with Crippen molar-refractivity contribution in [2.75, 3.05) is 13.2 Å². The second-order valence-electron chi connectivity index (χ2n) is 7.86. The van der Waals surface area contributed by atoms with Gasteiger partial charge < -0.3 is 19.2 Å². The highest BCUT2D eigenvalue weighted by Crippen LogP contribution is 2.27. The predicted molar refractivity (Wildman–Crippen MR) is 129 cm³/mol. The molecule has 1 heterocycles. The molecule has 0 atom stereocenters. The fraction of sp³-hybridized carbons (Fsp3) is 0.259. The Morgan fingerprint density at radius 3 is 2.18 bits per heavy atom. The zero-order chi connectivity index (χ0) is 23.4. The van der Waals surface area contributed by atoms with Gasteiger partial charge in [0.2, 0.25) is 5.89 Å². The molecule has 1 aromatic heterocycles. The molecule has 0 saturated heterocycles. The number of aryl methyl sites for hydroxylation is 2. The van der Waals surface area contributed by atoms with Gasteiger partial charge in [-0.15, -0.1) is 0 Å². The standard InChI is InChI=1S/C27H28N2O4/c1-5-31-22-13-21(14-23(15-22)32-6-2)26(30)28-16-19-7-9-20(10-8-19)27-29-24-11-17(3)18(4)12-25(24)33-27/h7-15H,5-6,16H2,1-4H3,(H,28,30). The van der Waals surface area contributed by atoms with Crippen molar-refractivity contribution in [1.29, 1.82) is 0 Å². The second kappa shape index (κ2) is 9.77. The largest absolute Gasteiger partial charge is 0.494 e. The van der Waals surface area contributed by atoms with E-state index in [9.17, 15) is 4.79 Å². The molecule has 0 saturated carbocycles. The van der Waals surface area contributed by atoms with E-state index in [0.29, 0.717) is 42.7 Å². The van der Waals surface area contributed by atoms with Crippen molar-refractivity contribution in [2.24, 2.45) is 0 Å². The molecule has 6 heteroatoms. The Kier molecular flexibility index (Phi) is 6.63. The van der Waals surface area contributed by atoms with Crippen LogP contribution in [0, 0.1) is 13.8 Å². The minimum atomic E-state index is -0.189. The number of hydrogen-bond donors (Lipinski definition) is 1. The van der Waals surface area contributed by atoms with Gasteiger partial charge in [0.1, 0.15) is 17.0 Å². The van der Waals surface area contributed by atoms with Crippen LogP contribution in [0.4, 0.5) is 0 Å². The van der Waals surface area contributed by atoms with Crippen molar-refractivity contribution >= 4 is 17.0 Å². The van der Waals surface area contributed by atoms with E-state index < -0.39 is 0 Å². The Balaban J connectivity index is 1.45. The molecule has 0 aliphatic carbocycles. The quantitative estimate of drug-likeness (QED) is 0.370. The first kappa shape index (κ1) is 22.4. The molecule has 170 valence electrons. The average Bonchev–Trinajstić information content (AvgIpc) is 3.21. The third kappa shape index (κ3) is 5.17. The first-order valence-electron chi connectivity index (χ1n) is 11.1. The Morgan fingerprint density at radius 1 is 0.909 bits per heavy atom. The smallest absolute Gasteiger partial charge is 0.251 e. The number of benzene rings is 3. The van der Waals surface area contributed by atoms with Gasteiger partial charge in [-0.2, -0.15) is 0 Å². The summed E-state index contributed by atoms with van der Waals surface area (Å²) in [5.41, 5.74) is 6.36. The van der Waals surface area contributed by atoms with Crippen LogP contribution >= 0.6 is 0 Å². The zero-order valence-electron chi connectivity index (χ0n) is 19.4. The predicted octanol–water partition coefficient (Wildman–Crippen LogP) is 5.84. The van der Waals surface area contributed by atoms with Crippen LogP contribution < -0.4 is 14.8 Å². The van der Waals surface area contributed by atoms with Crippen molar-refractivity contribution in [3.8, 4) is 23.0 Å². The van der Waals surface area contributed by atoms with Gasteiger partial charge in [-0.3, -0.25) is 4.79 Å². The lowest BCUT2D eigenvalue weighted by Gasteiger charge is -2.11. The van der Waals surface area contributed by atoms with E-state index in [1.54, 1.807) is 18.2 Å². The molecule has 1 amide bonds. The number of oxazole rings is 1. The summed E-state index contributed by atoms with van der Waals surface area (Å²) in [7, 11) is 0. The molecule has 0 aliphatic heterocycles. The topological polar surface area (TPSA) is 73.6 Å². The van der Waals surface area contributed by atoms with Gasteiger partial charge in [-0.25, -0.2) is 4.98 Å².